The van der Waals surface area contributed by atoms with Gasteiger partial charge in [-0.25, -0.2) is 0 Å². The van der Waals surface area contributed by atoms with Crippen LogP contribution in [0.1, 0.15) is 124 Å². The maximum atomic E-state index is 11.5. The van der Waals surface area contributed by atoms with E-state index in [1.165, 1.54) is 51.4 Å². The Kier molecular flexibility index (Phi) is 16.0. The molecule has 3 unspecified atom stereocenters. The highest BCUT2D eigenvalue weighted by molar-refractivity contribution is 5.69. The first-order valence-electron chi connectivity index (χ1n) is 13.2. The van der Waals surface area contributed by atoms with Crippen LogP contribution in [-0.4, -0.2) is 34.5 Å². The van der Waals surface area contributed by atoms with Crippen LogP contribution in [0.5, 0.6) is 0 Å². The number of aliphatic hydroxyl groups excluding tert-OH is 2. The zero-order chi connectivity index (χ0) is 22.9. The van der Waals surface area contributed by atoms with Crippen LogP contribution in [0.15, 0.2) is 12.2 Å². The lowest BCUT2D eigenvalue weighted by Gasteiger charge is -2.22. The van der Waals surface area contributed by atoms with Gasteiger partial charge in [-0.2, -0.15) is 0 Å². The van der Waals surface area contributed by atoms with Gasteiger partial charge in [-0.15, -0.1) is 0 Å². The zero-order valence-electron chi connectivity index (χ0n) is 20.6. The summed E-state index contributed by atoms with van der Waals surface area (Å²) in [6.07, 6.45) is 21.0. The number of esters is 1. The monoisotopic (exact) mass is 438 g/mol. The van der Waals surface area contributed by atoms with Gasteiger partial charge in [-0.1, -0.05) is 76.9 Å². The second-order valence-corrected chi connectivity index (χ2v) is 9.81. The average molecular weight is 439 g/mol. The van der Waals surface area contributed by atoms with E-state index in [1.807, 2.05) is 13.8 Å². The smallest absolute Gasteiger partial charge is 0.306 e. The largest absolute Gasteiger partial charge is 0.463 e. The van der Waals surface area contributed by atoms with Crippen molar-refractivity contribution < 1.29 is 19.7 Å². The molecule has 0 amide bonds. The molecule has 1 rings (SSSR count). The minimum Gasteiger partial charge on any atom is -0.463 e. The van der Waals surface area contributed by atoms with E-state index in [0.717, 1.165) is 38.5 Å². The Bertz CT molecular complexity index is 474. The summed E-state index contributed by atoms with van der Waals surface area (Å²) >= 11 is 0. The fourth-order valence-electron chi connectivity index (χ4n) is 4.82. The molecule has 2 N–H and O–H groups in total. The van der Waals surface area contributed by atoms with Crippen molar-refractivity contribution in [2.45, 2.75) is 142 Å². The van der Waals surface area contributed by atoms with Gasteiger partial charge in [0.1, 0.15) is 0 Å². The van der Waals surface area contributed by atoms with Crippen molar-refractivity contribution in [1.29, 1.82) is 0 Å². The number of carbonyl (C=O) groups excluding carboxylic acids is 1. The minimum atomic E-state index is -0.370. The summed E-state index contributed by atoms with van der Waals surface area (Å²) in [7, 11) is 0. The number of hydrogen-bond donors (Lipinski definition) is 2. The average Bonchev–Trinajstić information content (AvgIpc) is 2.98. The van der Waals surface area contributed by atoms with Gasteiger partial charge >= 0.3 is 5.97 Å². The molecule has 0 saturated heterocycles. The van der Waals surface area contributed by atoms with Crippen molar-refractivity contribution in [3.63, 3.8) is 0 Å². The van der Waals surface area contributed by atoms with Crippen LogP contribution >= 0.6 is 0 Å². The molecule has 0 bridgehead atoms. The molecule has 182 valence electrons. The third-order valence-electron chi connectivity index (χ3n) is 6.61. The van der Waals surface area contributed by atoms with Gasteiger partial charge in [0.15, 0.2) is 0 Å². The standard InChI is InChI=1S/C27H50O4/c1-4-5-6-7-8-9-12-15-18-23-24(26(29)21-25(23)28)19-16-13-10-11-14-17-20-27(30)31-22(2)3/h13,16,22-26,28-29H,4-12,14-15,17-21H2,1-3H3/t23-,24?,25?,26?/m1/s1. The van der Waals surface area contributed by atoms with Crippen LogP contribution in [0.25, 0.3) is 0 Å². The van der Waals surface area contributed by atoms with E-state index in [9.17, 15) is 15.0 Å². The zero-order valence-corrected chi connectivity index (χ0v) is 20.6. The predicted molar refractivity (Wildman–Crippen MR) is 129 cm³/mol. The van der Waals surface area contributed by atoms with E-state index in [2.05, 4.69) is 19.1 Å². The molecule has 4 heteroatoms. The van der Waals surface area contributed by atoms with Crippen LogP contribution in [0.3, 0.4) is 0 Å². The maximum absolute atomic E-state index is 11.5. The molecule has 1 aliphatic carbocycles. The highest BCUT2D eigenvalue weighted by Gasteiger charge is 2.40. The predicted octanol–water partition coefficient (Wildman–Crippen LogP) is 6.72. The summed E-state index contributed by atoms with van der Waals surface area (Å²) in [5, 5.41) is 20.8. The molecule has 0 aliphatic heterocycles. The molecule has 1 saturated carbocycles. The number of rotatable bonds is 18. The molecule has 0 aromatic heterocycles. The Labute approximate surface area is 191 Å². The molecule has 0 aromatic carbocycles. The van der Waals surface area contributed by atoms with Gasteiger partial charge in [0.05, 0.1) is 18.3 Å². The van der Waals surface area contributed by atoms with E-state index in [1.54, 1.807) is 0 Å². The van der Waals surface area contributed by atoms with Crippen molar-refractivity contribution in [2.24, 2.45) is 11.8 Å². The summed E-state index contributed by atoms with van der Waals surface area (Å²) in [4.78, 5) is 11.5. The highest BCUT2D eigenvalue weighted by Crippen LogP contribution is 2.38. The van der Waals surface area contributed by atoms with Crippen LogP contribution in [0.2, 0.25) is 0 Å². The van der Waals surface area contributed by atoms with E-state index >= 15 is 0 Å². The van der Waals surface area contributed by atoms with Gasteiger partial charge in [-0.3, -0.25) is 4.79 Å². The maximum Gasteiger partial charge on any atom is 0.306 e. The van der Waals surface area contributed by atoms with Crippen molar-refractivity contribution in [3.05, 3.63) is 12.2 Å². The van der Waals surface area contributed by atoms with Crippen molar-refractivity contribution >= 4 is 5.97 Å². The fraction of sp³-hybridized carbons (Fsp3) is 0.889. The minimum absolute atomic E-state index is 0.0285. The van der Waals surface area contributed by atoms with E-state index in [4.69, 9.17) is 4.74 Å². The van der Waals surface area contributed by atoms with Gasteiger partial charge in [0, 0.05) is 6.42 Å². The van der Waals surface area contributed by atoms with Crippen LogP contribution in [0.4, 0.5) is 0 Å². The van der Waals surface area contributed by atoms with Gasteiger partial charge in [0.25, 0.3) is 0 Å². The molecule has 4 nitrogen and oxygen atoms in total. The van der Waals surface area contributed by atoms with Crippen LogP contribution in [0, 0.1) is 11.8 Å². The second-order valence-electron chi connectivity index (χ2n) is 9.81. The molecule has 0 heterocycles. The number of hydrogen-bond acceptors (Lipinski definition) is 4. The number of unbranched alkanes of at least 4 members (excludes halogenated alkanes) is 10. The Morgan fingerprint density at radius 2 is 1.48 bits per heavy atom. The number of aliphatic hydroxyl groups is 2. The highest BCUT2D eigenvalue weighted by atomic mass is 16.5. The van der Waals surface area contributed by atoms with E-state index in [-0.39, 0.29) is 36.1 Å². The summed E-state index contributed by atoms with van der Waals surface area (Å²) < 4.78 is 5.15. The first kappa shape index (κ1) is 28.2. The van der Waals surface area contributed by atoms with Gasteiger partial charge in [0.2, 0.25) is 0 Å². The Morgan fingerprint density at radius 3 is 2.16 bits per heavy atom. The van der Waals surface area contributed by atoms with Crippen molar-refractivity contribution in [3.8, 4) is 0 Å². The molecule has 1 fully saturated rings. The first-order chi connectivity index (χ1) is 15.0. The van der Waals surface area contributed by atoms with Crippen molar-refractivity contribution in [2.75, 3.05) is 0 Å². The quantitative estimate of drug-likeness (QED) is 0.141. The Hall–Kier alpha value is -0.870. The first-order valence-corrected chi connectivity index (χ1v) is 13.2. The van der Waals surface area contributed by atoms with Gasteiger partial charge < -0.3 is 14.9 Å². The van der Waals surface area contributed by atoms with E-state index < -0.39 is 0 Å². The molecule has 0 spiro atoms. The summed E-state index contributed by atoms with van der Waals surface area (Å²) in [6.45, 7) is 6.01. The third-order valence-corrected chi connectivity index (χ3v) is 6.61. The lowest BCUT2D eigenvalue weighted by Crippen LogP contribution is -2.21. The molecule has 31 heavy (non-hydrogen) atoms. The molecule has 0 radical (unpaired) electrons. The van der Waals surface area contributed by atoms with Crippen molar-refractivity contribution in [1.82, 2.24) is 0 Å². The summed E-state index contributed by atoms with van der Waals surface area (Å²) in [5.41, 5.74) is 0. The van der Waals surface area contributed by atoms with Crippen LogP contribution < -0.4 is 0 Å². The topological polar surface area (TPSA) is 66.8 Å². The Balaban J connectivity index is 2.16. The lowest BCUT2D eigenvalue weighted by atomic mass is 9.86. The van der Waals surface area contributed by atoms with E-state index in [0.29, 0.717) is 12.8 Å². The second kappa shape index (κ2) is 17.7. The molecule has 0 aromatic rings. The number of carbonyl (C=O) groups is 1. The fourth-order valence-corrected chi connectivity index (χ4v) is 4.82. The summed E-state index contributed by atoms with van der Waals surface area (Å²) in [6, 6.07) is 0. The normalized spacial score (nSPS) is 23.8. The number of ether oxygens (including phenoxy) is 1. The lowest BCUT2D eigenvalue weighted by molar-refractivity contribution is -0.147. The molecule has 4 atom stereocenters. The Morgan fingerprint density at radius 1 is 0.871 bits per heavy atom. The van der Waals surface area contributed by atoms with Gasteiger partial charge in [-0.05, 0) is 64.2 Å². The van der Waals surface area contributed by atoms with Crippen LogP contribution in [-0.2, 0) is 9.53 Å². The molecule has 1 aliphatic rings. The molecular weight excluding hydrogens is 388 g/mol. The third kappa shape index (κ3) is 13.3. The summed E-state index contributed by atoms with van der Waals surface area (Å²) in [5.74, 6) is 0.343. The SMILES string of the molecule is CCCCCCCCCC[C@H]1C(O)CC(O)C1CC=CCCCCCC(=O)OC(C)C. The number of allylic oxidation sites excluding steroid dienone is 2. The molecular formula is C27H50O4.